The summed E-state index contributed by atoms with van der Waals surface area (Å²) >= 11 is 0. The van der Waals surface area contributed by atoms with Crippen LogP contribution in [0.15, 0.2) is 88.9 Å². The second-order valence-electron chi connectivity index (χ2n) is 6.95. The Morgan fingerprint density at radius 3 is 2.28 bits per heavy atom. The highest BCUT2D eigenvalue weighted by atomic mass is 32.2. The molecule has 0 atom stereocenters. The molecule has 3 aromatic rings. The molecule has 166 valence electrons. The number of sulfonamides is 1. The maximum atomic E-state index is 12.7. The van der Waals surface area contributed by atoms with Crippen molar-refractivity contribution >= 4 is 27.8 Å². The van der Waals surface area contributed by atoms with Gasteiger partial charge in [0.05, 0.1) is 23.4 Å². The summed E-state index contributed by atoms with van der Waals surface area (Å²) in [5.41, 5.74) is 4.09. The number of anilines is 1. The van der Waals surface area contributed by atoms with Gasteiger partial charge in [0, 0.05) is 12.6 Å². The average Bonchev–Trinajstić information content (AvgIpc) is 2.83. The van der Waals surface area contributed by atoms with Gasteiger partial charge in [0.2, 0.25) is 0 Å². The van der Waals surface area contributed by atoms with Crippen molar-refractivity contribution in [2.24, 2.45) is 5.10 Å². The number of hydrogen-bond donors (Lipinski definition) is 1. The maximum absolute atomic E-state index is 12.7. The Hall–Kier alpha value is -3.65. The molecular formula is C24H25N3O4S. The topological polar surface area (TPSA) is 88.1 Å². The lowest BCUT2D eigenvalue weighted by molar-refractivity contribution is 0.0955. The lowest BCUT2D eigenvalue weighted by Crippen LogP contribution is -2.26. The molecule has 0 aliphatic carbocycles. The lowest BCUT2D eigenvalue weighted by atomic mass is 10.2. The number of nitrogens with zero attached hydrogens (tertiary/aromatic N) is 2. The number of hydrazone groups is 1. The summed E-state index contributed by atoms with van der Waals surface area (Å²) in [6, 6.07) is 21.8. The Morgan fingerprint density at radius 2 is 1.66 bits per heavy atom. The van der Waals surface area contributed by atoms with E-state index >= 15 is 0 Å². The van der Waals surface area contributed by atoms with Gasteiger partial charge in [-0.3, -0.25) is 9.10 Å². The first-order valence-corrected chi connectivity index (χ1v) is 11.6. The second-order valence-corrected chi connectivity index (χ2v) is 8.92. The first kappa shape index (κ1) is 23.0. The van der Waals surface area contributed by atoms with Gasteiger partial charge in [0.25, 0.3) is 15.9 Å². The molecule has 0 aliphatic heterocycles. The molecule has 0 aromatic heterocycles. The zero-order valence-corrected chi connectivity index (χ0v) is 18.7. The summed E-state index contributed by atoms with van der Waals surface area (Å²) in [7, 11) is -2.21. The van der Waals surface area contributed by atoms with E-state index in [1.807, 2.05) is 31.2 Å². The van der Waals surface area contributed by atoms with Gasteiger partial charge in [-0.05, 0) is 72.6 Å². The SMILES string of the molecule is CCCOc1ccc(/C=N\NC(=O)c2ccc(N(C)S(=O)(=O)c3ccccc3)cc2)cc1. The maximum Gasteiger partial charge on any atom is 0.271 e. The van der Waals surface area contributed by atoms with Gasteiger partial charge >= 0.3 is 0 Å². The third kappa shape index (κ3) is 5.73. The van der Waals surface area contributed by atoms with Gasteiger partial charge < -0.3 is 4.74 Å². The van der Waals surface area contributed by atoms with Gasteiger partial charge in [-0.15, -0.1) is 0 Å². The fourth-order valence-corrected chi connectivity index (χ4v) is 4.03. The van der Waals surface area contributed by atoms with Crippen LogP contribution in [0.2, 0.25) is 0 Å². The van der Waals surface area contributed by atoms with Crippen LogP contribution in [0.4, 0.5) is 5.69 Å². The minimum Gasteiger partial charge on any atom is -0.494 e. The summed E-state index contributed by atoms with van der Waals surface area (Å²) in [5, 5.41) is 3.97. The van der Waals surface area contributed by atoms with E-state index in [0.29, 0.717) is 17.9 Å². The van der Waals surface area contributed by atoms with Crippen LogP contribution in [-0.2, 0) is 10.0 Å². The summed E-state index contributed by atoms with van der Waals surface area (Å²) in [5.74, 6) is 0.386. The van der Waals surface area contributed by atoms with Crippen LogP contribution in [0.1, 0.15) is 29.3 Å². The third-order valence-corrected chi connectivity index (χ3v) is 6.43. The Morgan fingerprint density at radius 1 is 1.00 bits per heavy atom. The predicted molar refractivity (Wildman–Crippen MR) is 126 cm³/mol. The van der Waals surface area contributed by atoms with Crippen molar-refractivity contribution in [1.29, 1.82) is 0 Å². The highest BCUT2D eigenvalue weighted by Gasteiger charge is 2.21. The number of nitrogens with one attached hydrogen (secondary N) is 1. The fourth-order valence-electron chi connectivity index (χ4n) is 2.81. The summed E-state index contributed by atoms with van der Waals surface area (Å²) < 4.78 is 32.1. The number of rotatable bonds is 9. The molecule has 8 heteroatoms. The van der Waals surface area contributed by atoms with Gasteiger partial charge in [-0.1, -0.05) is 25.1 Å². The molecule has 0 bridgehead atoms. The van der Waals surface area contributed by atoms with Crippen molar-refractivity contribution in [3.63, 3.8) is 0 Å². The molecule has 7 nitrogen and oxygen atoms in total. The first-order valence-electron chi connectivity index (χ1n) is 10.1. The van der Waals surface area contributed by atoms with Gasteiger partial charge in [0.15, 0.2) is 0 Å². The van der Waals surface area contributed by atoms with Gasteiger partial charge in [-0.2, -0.15) is 5.10 Å². The van der Waals surface area contributed by atoms with E-state index in [1.54, 1.807) is 42.5 Å². The van der Waals surface area contributed by atoms with Crippen molar-refractivity contribution in [3.05, 3.63) is 90.0 Å². The zero-order chi connectivity index (χ0) is 23.0. The number of ether oxygens (including phenoxy) is 1. The summed E-state index contributed by atoms with van der Waals surface area (Å²) in [6.07, 6.45) is 2.48. The molecule has 0 saturated heterocycles. The predicted octanol–water partition coefficient (Wildman–Crippen LogP) is 4.06. The molecule has 0 spiro atoms. The van der Waals surface area contributed by atoms with E-state index in [1.165, 1.54) is 29.7 Å². The van der Waals surface area contributed by atoms with Crippen molar-refractivity contribution in [2.75, 3.05) is 18.0 Å². The van der Waals surface area contributed by atoms with Gasteiger partial charge in [0.1, 0.15) is 5.75 Å². The number of carbonyl (C=O) groups is 1. The molecule has 0 aliphatic rings. The van der Waals surface area contributed by atoms with Crippen LogP contribution in [-0.4, -0.2) is 34.2 Å². The van der Waals surface area contributed by atoms with Crippen LogP contribution >= 0.6 is 0 Å². The van der Waals surface area contributed by atoms with E-state index < -0.39 is 15.9 Å². The molecule has 3 rings (SSSR count). The molecule has 0 radical (unpaired) electrons. The minimum absolute atomic E-state index is 0.198. The second kappa shape index (κ2) is 10.6. The summed E-state index contributed by atoms with van der Waals surface area (Å²) in [6.45, 7) is 2.71. The standard InChI is InChI=1S/C24H25N3O4S/c1-3-17-31-22-15-9-19(10-16-22)18-25-26-24(28)20-11-13-21(14-12-20)27(2)32(29,30)23-7-5-4-6-8-23/h4-16,18H,3,17H2,1-2H3,(H,26,28)/b25-18-. The van der Waals surface area contributed by atoms with Crippen LogP contribution < -0.4 is 14.5 Å². The van der Waals surface area contributed by atoms with Crippen LogP contribution in [0.5, 0.6) is 5.75 Å². The van der Waals surface area contributed by atoms with Crippen LogP contribution in [0.25, 0.3) is 0 Å². The number of hydrogen-bond acceptors (Lipinski definition) is 5. The molecule has 0 unspecified atom stereocenters. The lowest BCUT2D eigenvalue weighted by Gasteiger charge is -2.19. The normalized spacial score (nSPS) is 11.3. The quantitative estimate of drug-likeness (QED) is 0.392. The first-order chi connectivity index (χ1) is 15.4. The average molecular weight is 452 g/mol. The largest absolute Gasteiger partial charge is 0.494 e. The summed E-state index contributed by atoms with van der Waals surface area (Å²) in [4.78, 5) is 12.5. The molecule has 1 N–H and O–H groups in total. The molecule has 0 saturated carbocycles. The van der Waals surface area contributed by atoms with Crippen LogP contribution in [0.3, 0.4) is 0 Å². The van der Waals surface area contributed by atoms with E-state index in [2.05, 4.69) is 10.5 Å². The van der Waals surface area contributed by atoms with E-state index in [9.17, 15) is 13.2 Å². The Balaban J connectivity index is 1.61. The molecule has 0 fully saturated rings. The highest BCUT2D eigenvalue weighted by Crippen LogP contribution is 2.22. The third-order valence-electron chi connectivity index (χ3n) is 4.63. The van der Waals surface area contributed by atoms with E-state index in [4.69, 9.17) is 4.74 Å². The van der Waals surface area contributed by atoms with Crippen molar-refractivity contribution < 1.29 is 17.9 Å². The van der Waals surface area contributed by atoms with Crippen molar-refractivity contribution in [3.8, 4) is 5.75 Å². The minimum atomic E-state index is -3.68. The van der Waals surface area contributed by atoms with E-state index in [-0.39, 0.29) is 4.90 Å². The molecular weight excluding hydrogens is 426 g/mol. The zero-order valence-electron chi connectivity index (χ0n) is 17.9. The molecule has 32 heavy (non-hydrogen) atoms. The molecule has 3 aromatic carbocycles. The number of benzene rings is 3. The number of carbonyl (C=O) groups excluding carboxylic acids is 1. The highest BCUT2D eigenvalue weighted by molar-refractivity contribution is 7.92. The Labute approximate surface area is 188 Å². The smallest absolute Gasteiger partial charge is 0.271 e. The molecule has 1 amide bonds. The van der Waals surface area contributed by atoms with Crippen molar-refractivity contribution in [1.82, 2.24) is 5.43 Å². The Bertz CT molecular complexity index is 1160. The van der Waals surface area contributed by atoms with Crippen LogP contribution in [0, 0.1) is 0 Å². The van der Waals surface area contributed by atoms with Crippen molar-refractivity contribution in [2.45, 2.75) is 18.2 Å². The van der Waals surface area contributed by atoms with E-state index in [0.717, 1.165) is 17.7 Å². The Kier molecular flexibility index (Phi) is 7.62. The number of amides is 1. The monoisotopic (exact) mass is 451 g/mol. The fraction of sp³-hybridized carbons (Fsp3) is 0.167. The molecule has 0 heterocycles. The van der Waals surface area contributed by atoms with Gasteiger partial charge in [-0.25, -0.2) is 13.8 Å².